The van der Waals surface area contributed by atoms with Crippen molar-refractivity contribution in [2.75, 3.05) is 67.8 Å². The van der Waals surface area contributed by atoms with Crippen LogP contribution in [0.4, 0.5) is 23.5 Å². The molecule has 0 radical (unpaired) electrons. The van der Waals surface area contributed by atoms with E-state index in [0.717, 1.165) is 11.1 Å². The number of non-ortho nitro benzene ring substituents is 1. The van der Waals surface area contributed by atoms with Crippen LogP contribution >= 0.6 is 0 Å². The Morgan fingerprint density at radius 3 is 2.18 bits per heavy atom. The molecule has 198 valence electrons. The van der Waals surface area contributed by atoms with E-state index >= 15 is 0 Å². The first kappa shape index (κ1) is 25.3. The van der Waals surface area contributed by atoms with Gasteiger partial charge in [0, 0.05) is 38.3 Å². The van der Waals surface area contributed by atoms with Crippen LogP contribution in [0, 0.1) is 10.1 Å². The molecule has 2 fully saturated rings. The van der Waals surface area contributed by atoms with Gasteiger partial charge >= 0.3 is 0 Å². The number of nitrogens with one attached hydrogen (secondary N) is 1. The molecular formula is C25H28N8O5. The van der Waals surface area contributed by atoms with E-state index in [1.165, 1.54) is 12.1 Å². The number of morpholine rings is 2. The van der Waals surface area contributed by atoms with Gasteiger partial charge in [0.25, 0.3) is 5.69 Å². The zero-order valence-electron chi connectivity index (χ0n) is 20.7. The minimum Gasteiger partial charge on any atom is -0.489 e. The van der Waals surface area contributed by atoms with Gasteiger partial charge in [-0.05, 0) is 35.4 Å². The number of benzene rings is 2. The van der Waals surface area contributed by atoms with Crippen LogP contribution in [0.15, 0.2) is 53.6 Å². The number of aromatic nitrogens is 3. The summed E-state index contributed by atoms with van der Waals surface area (Å²) in [5, 5.41) is 15.2. The first-order chi connectivity index (χ1) is 18.6. The molecule has 2 aromatic carbocycles. The number of anilines is 3. The number of hydrogen-bond donors (Lipinski definition) is 1. The molecular weight excluding hydrogens is 492 g/mol. The second kappa shape index (κ2) is 12.3. The lowest BCUT2D eigenvalue weighted by Crippen LogP contribution is -2.40. The molecule has 0 bridgehead atoms. The van der Waals surface area contributed by atoms with Gasteiger partial charge in [0.2, 0.25) is 17.8 Å². The highest BCUT2D eigenvalue weighted by Crippen LogP contribution is 2.20. The fourth-order valence-electron chi connectivity index (χ4n) is 3.94. The highest BCUT2D eigenvalue weighted by molar-refractivity contribution is 5.80. The monoisotopic (exact) mass is 520 g/mol. The summed E-state index contributed by atoms with van der Waals surface area (Å²) < 4.78 is 16.8. The van der Waals surface area contributed by atoms with E-state index in [0.29, 0.717) is 76.2 Å². The van der Waals surface area contributed by atoms with Crippen LogP contribution in [0.2, 0.25) is 0 Å². The zero-order valence-corrected chi connectivity index (χ0v) is 20.7. The predicted molar refractivity (Wildman–Crippen MR) is 141 cm³/mol. The van der Waals surface area contributed by atoms with E-state index in [-0.39, 0.29) is 12.3 Å². The van der Waals surface area contributed by atoms with Gasteiger partial charge in [-0.25, -0.2) is 5.43 Å². The Hall–Kier alpha value is -4.36. The van der Waals surface area contributed by atoms with Crippen LogP contribution in [0.1, 0.15) is 11.1 Å². The normalized spacial score (nSPS) is 16.0. The fraction of sp³-hybridized carbons (Fsp3) is 0.360. The molecule has 0 spiro atoms. The summed E-state index contributed by atoms with van der Waals surface area (Å²) in [6.45, 7) is 5.64. The SMILES string of the molecule is O=[N+]([O-])c1ccc(COc2cccc(C=NNc3nc(N4CCOCC4)nc(N4CCOCC4)n3)c2)cc1. The van der Waals surface area contributed by atoms with Gasteiger partial charge < -0.3 is 24.0 Å². The maximum absolute atomic E-state index is 10.8. The van der Waals surface area contributed by atoms with E-state index in [2.05, 4.69) is 30.3 Å². The Balaban J connectivity index is 1.25. The van der Waals surface area contributed by atoms with Crippen molar-refractivity contribution < 1.29 is 19.1 Å². The van der Waals surface area contributed by atoms with Crippen LogP contribution in [0.3, 0.4) is 0 Å². The van der Waals surface area contributed by atoms with Crippen molar-refractivity contribution in [3.63, 3.8) is 0 Å². The van der Waals surface area contributed by atoms with E-state index in [1.807, 2.05) is 24.3 Å². The van der Waals surface area contributed by atoms with Crippen molar-refractivity contribution in [3.05, 3.63) is 69.8 Å². The lowest BCUT2D eigenvalue weighted by molar-refractivity contribution is -0.384. The smallest absolute Gasteiger partial charge is 0.269 e. The van der Waals surface area contributed by atoms with Gasteiger partial charge in [-0.15, -0.1) is 0 Å². The van der Waals surface area contributed by atoms with E-state index in [1.54, 1.807) is 18.3 Å². The van der Waals surface area contributed by atoms with Crippen LogP contribution < -0.4 is 20.0 Å². The number of hydrogen-bond acceptors (Lipinski definition) is 12. The Morgan fingerprint density at radius 2 is 1.58 bits per heavy atom. The molecule has 1 N–H and O–H groups in total. The summed E-state index contributed by atoms with van der Waals surface area (Å²) in [6.07, 6.45) is 1.66. The van der Waals surface area contributed by atoms with Gasteiger partial charge in [0.1, 0.15) is 12.4 Å². The summed E-state index contributed by atoms with van der Waals surface area (Å²) >= 11 is 0. The molecule has 3 aromatic rings. The maximum atomic E-state index is 10.8. The molecule has 2 saturated heterocycles. The minimum absolute atomic E-state index is 0.0479. The molecule has 13 heteroatoms. The quantitative estimate of drug-likeness (QED) is 0.253. The van der Waals surface area contributed by atoms with E-state index in [9.17, 15) is 10.1 Å². The maximum Gasteiger partial charge on any atom is 0.269 e. The molecule has 1 aromatic heterocycles. The molecule has 3 heterocycles. The van der Waals surface area contributed by atoms with Crippen molar-refractivity contribution in [2.45, 2.75) is 6.61 Å². The summed E-state index contributed by atoms with van der Waals surface area (Å²) in [6, 6.07) is 13.7. The highest BCUT2D eigenvalue weighted by atomic mass is 16.6. The van der Waals surface area contributed by atoms with Gasteiger partial charge in [0.15, 0.2) is 0 Å². The van der Waals surface area contributed by atoms with Gasteiger partial charge in [-0.2, -0.15) is 20.1 Å². The number of ether oxygens (including phenoxy) is 3. The van der Waals surface area contributed by atoms with Crippen molar-refractivity contribution in [1.82, 2.24) is 15.0 Å². The molecule has 2 aliphatic rings. The van der Waals surface area contributed by atoms with Crippen molar-refractivity contribution in [3.8, 4) is 5.75 Å². The average molecular weight is 521 g/mol. The van der Waals surface area contributed by atoms with Crippen LogP contribution in [0.25, 0.3) is 0 Å². The largest absolute Gasteiger partial charge is 0.489 e. The predicted octanol–water partition coefficient (Wildman–Crippen LogP) is 2.48. The zero-order chi connectivity index (χ0) is 26.2. The third-order valence-electron chi connectivity index (χ3n) is 5.99. The molecule has 38 heavy (non-hydrogen) atoms. The topological polar surface area (TPSA) is 140 Å². The minimum atomic E-state index is -0.425. The number of hydrazone groups is 1. The number of rotatable bonds is 9. The first-order valence-electron chi connectivity index (χ1n) is 12.3. The summed E-state index contributed by atoms with van der Waals surface area (Å²) in [5.41, 5.74) is 4.63. The van der Waals surface area contributed by atoms with Gasteiger partial charge in [0.05, 0.1) is 37.6 Å². The second-order valence-electron chi connectivity index (χ2n) is 8.61. The van der Waals surface area contributed by atoms with Gasteiger partial charge in [-0.3, -0.25) is 10.1 Å². The molecule has 0 aliphatic carbocycles. The molecule has 0 amide bonds. The summed E-state index contributed by atoms with van der Waals surface area (Å²) in [5.74, 6) is 2.18. The standard InChI is InChI=1S/C25H28N8O5/c34-33(35)21-6-4-19(5-7-21)18-38-22-3-1-2-20(16-22)17-26-30-23-27-24(31-8-12-36-13-9-31)29-25(28-23)32-10-14-37-15-11-32/h1-7,16-17H,8-15,18H2,(H,27,28,29,30). The Kier molecular flexibility index (Phi) is 8.16. The average Bonchev–Trinajstić information content (AvgIpc) is 2.97. The second-order valence-corrected chi connectivity index (χ2v) is 8.61. The molecule has 0 atom stereocenters. The van der Waals surface area contributed by atoms with Crippen LogP contribution in [-0.4, -0.2) is 78.7 Å². The molecule has 5 rings (SSSR count). The van der Waals surface area contributed by atoms with Gasteiger partial charge in [-0.1, -0.05) is 12.1 Å². The van der Waals surface area contributed by atoms with Crippen LogP contribution in [-0.2, 0) is 16.1 Å². The van der Waals surface area contributed by atoms with Crippen LogP contribution in [0.5, 0.6) is 5.75 Å². The Morgan fingerprint density at radius 1 is 0.947 bits per heavy atom. The van der Waals surface area contributed by atoms with Crippen molar-refractivity contribution in [2.24, 2.45) is 5.10 Å². The van der Waals surface area contributed by atoms with E-state index < -0.39 is 4.92 Å². The number of nitro benzene ring substituents is 1. The Labute approximate surface area is 219 Å². The van der Waals surface area contributed by atoms with Crippen molar-refractivity contribution >= 4 is 29.7 Å². The summed E-state index contributed by atoms with van der Waals surface area (Å²) in [7, 11) is 0. The first-order valence-corrected chi connectivity index (χ1v) is 12.3. The third kappa shape index (κ3) is 6.69. The van der Waals surface area contributed by atoms with Crippen molar-refractivity contribution in [1.29, 1.82) is 0 Å². The molecule has 0 saturated carbocycles. The highest BCUT2D eigenvalue weighted by Gasteiger charge is 2.20. The lowest BCUT2D eigenvalue weighted by Gasteiger charge is -2.30. The fourth-order valence-corrected chi connectivity index (χ4v) is 3.94. The lowest BCUT2D eigenvalue weighted by atomic mass is 10.2. The summed E-state index contributed by atoms with van der Waals surface area (Å²) in [4.78, 5) is 28.4. The van der Waals surface area contributed by atoms with E-state index in [4.69, 9.17) is 19.2 Å². The Bertz CT molecular complexity index is 1220. The number of nitrogens with zero attached hydrogens (tertiary/aromatic N) is 7. The molecule has 0 unspecified atom stereocenters. The number of nitro groups is 1. The molecule has 2 aliphatic heterocycles. The molecule has 13 nitrogen and oxygen atoms in total. The third-order valence-corrected chi connectivity index (χ3v) is 5.99.